The zero-order valence-electron chi connectivity index (χ0n) is 11.5. The largest absolute Gasteiger partial charge is 0.443 e. The number of alkyl halides is 3. The van der Waals surface area contributed by atoms with Crippen LogP contribution < -0.4 is 5.69 Å². The van der Waals surface area contributed by atoms with Gasteiger partial charge in [0.1, 0.15) is 5.60 Å². The minimum atomic E-state index is -4.57. The van der Waals surface area contributed by atoms with Crippen LogP contribution in [0.4, 0.5) is 18.0 Å². The second-order valence-electron chi connectivity index (χ2n) is 5.48. The number of aromatic amines is 1. The molecule has 5 nitrogen and oxygen atoms in total. The molecule has 0 saturated carbocycles. The number of imidazole rings is 1. The van der Waals surface area contributed by atoms with Crippen molar-refractivity contribution in [2.45, 2.75) is 32.5 Å². The molecule has 0 aliphatic rings. The lowest BCUT2D eigenvalue weighted by molar-refractivity contribution is -0.137. The fraction of sp³-hybridized carbons (Fsp3) is 0.385. The van der Waals surface area contributed by atoms with Crippen molar-refractivity contribution in [2.75, 3.05) is 0 Å². The molecule has 0 radical (unpaired) electrons. The topological polar surface area (TPSA) is 64.1 Å². The molecule has 0 atom stereocenters. The van der Waals surface area contributed by atoms with Crippen LogP contribution in [0, 0.1) is 0 Å². The van der Waals surface area contributed by atoms with Gasteiger partial charge >= 0.3 is 18.0 Å². The number of rotatable bonds is 0. The van der Waals surface area contributed by atoms with E-state index in [0.29, 0.717) is 4.57 Å². The number of fused-ring (bicyclic) bond motifs is 1. The van der Waals surface area contributed by atoms with E-state index < -0.39 is 29.1 Å². The lowest BCUT2D eigenvalue weighted by Gasteiger charge is -2.19. The number of hydrogen-bond acceptors (Lipinski definition) is 3. The smallest absolute Gasteiger partial charge is 0.423 e. The van der Waals surface area contributed by atoms with Crippen LogP contribution in [-0.4, -0.2) is 21.2 Å². The maximum atomic E-state index is 12.7. The normalized spacial score (nSPS) is 12.7. The molecule has 0 fully saturated rings. The molecule has 1 aromatic carbocycles. The van der Waals surface area contributed by atoms with Crippen molar-refractivity contribution in [1.29, 1.82) is 0 Å². The van der Waals surface area contributed by atoms with Gasteiger partial charge < -0.3 is 9.72 Å². The van der Waals surface area contributed by atoms with E-state index in [1.165, 1.54) is 0 Å². The Morgan fingerprint density at radius 3 is 2.38 bits per heavy atom. The van der Waals surface area contributed by atoms with E-state index >= 15 is 0 Å². The molecule has 1 heterocycles. The number of halogens is 3. The number of carbonyl (C=O) groups excluding carboxylic acids is 1. The Labute approximate surface area is 117 Å². The first-order valence-corrected chi connectivity index (χ1v) is 6.04. The molecular formula is C13H13F3N2O3. The molecule has 0 aliphatic carbocycles. The first-order chi connectivity index (χ1) is 9.49. The van der Waals surface area contributed by atoms with Gasteiger partial charge in [-0.2, -0.15) is 17.7 Å². The predicted molar refractivity (Wildman–Crippen MR) is 69.2 cm³/mol. The van der Waals surface area contributed by atoms with Crippen LogP contribution in [0.25, 0.3) is 11.0 Å². The number of H-pyrrole nitrogens is 1. The minimum absolute atomic E-state index is 0.124. The van der Waals surface area contributed by atoms with Crippen LogP contribution in [0.15, 0.2) is 23.0 Å². The highest BCUT2D eigenvalue weighted by molar-refractivity contribution is 5.87. The molecule has 0 aliphatic heterocycles. The molecule has 1 N–H and O–H groups in total. The van der Waals surface area contributed by atoms with Crippen molar-refractivity contribution >= 4 is 17.1 Å². The number of carbonyl (C=O) groups is 1. The number of nitrogens with zero attached hydrogens (tertiary/aromatic N) is 1. The summed E-state index contributed by atoms with van der Waals surface area (Å²) in [5, 5.41) is 0. The van der Waals surface area contributed by atoms with Gasteiger partial charge in [0.25, 0.3) is 0 Å². The average Bonchev–Trinajstić information content (AvgIpc) is 2.59. The van der Waals surface area contributed by atoms with Gasteiger partial charge in [-0.1, -0.05) is 0 Å². The van der Waals surface area contributed by atoms with E-state index in [1.54, 1.807) is 20.8 Å². The van der Waals surface area contributed by atoms with Gasteiger partial charge in [-0.3, -0.25) is 0 Å². The van der Waals surface area contributed by atoms with Gasteiger partial charge in [0.15, 0.2) is 0 Å². The quantitative estimate of drug-likeness (QED) is 0.813. The summed E-state index contributed by atoms with van der Waals surface area (Å²) in [4.78, 5) is 26.0. The molecule has 2 rings (SSSR count). The molecule has 0 amide bonds. The van der Waals surface area contributed by atoms with Gasteiger partial charge in [-0.15, -0.1) is 0 Å². The Bertz CT molecular complexity index is 751. The monoisotopic (exact) mass is 302 g/mol. The molecular weight excluding hydrogens is 289 g/mol. The van der Waals surface area contributed by atoms with Crippen LogP contribution in [0.1, 0.15) is 26.3 Å². The maximum absolute atomic E-state index is 12.7. The van der Waals surface area contributed by atoms with Crippen LogP contribution >= 0.6 is 0 Å². The zero-order chi connectivity index (χ0) is 16.0. The van der Waals surface area contributed by atoms with E-state index in [0.717, 1.165) is 18.2 Å². The van der Waals surface area contributed by atoms with Crippen molar-refractivity contribution in [3.05, 3.63) is 34.2 Å². The molecule has 0 unspecified atom stereocenters. The van der Waals surface area contributed by atoms with Crippen LogP contribution in [0.3, 0.4) is 0 Å². The van der Waals surface area contributed by atoms with Crippen LogP contribution in [0.2, 0.25) is 0 Å². The Balaban J connectivity index is 2.60. The number of benzene rings is 1. The summed E-state index contributed by atoms with van der Waals surface area (Å²) >= 11 is 0. The minimum Gasteiger partial charge on any atom is -0.443 e. The third-order valence-corrected chi connectivity index (χ3v) is 2.59. The molecule has 8 heteroatoms. The molecule has 2 aromatic rings. The van der Waals surface area contributed by atoms with Gasteiger partial charge in [0, 0.05) is 0 Å². The zero-order valence-corrected chi connectivity index (χ0v) is 11.5. The van der Waals surface area contributed by atoms with Gasteiger partial charge in [0.05, 0.1) is 16.6 Å². The van der Waals surface area contributed by atoms with E-state index in [-0.39, 0.29) is 11.0 Å². The number of hydrogen-bond donors (Lipinski definition) is 1. The number of nitrogens with one attached hydrogen (secondary N) is 1. The summed E-state index contributed by atoms with van der Waals surface area (Å²) in [6.45, 7) is 4.77. The fourth-order valence-corrected chi connectivity index (χ4v) is 1.77. The summed E-state index contributed by atoms with van der Waals surface area (Å²) in [5.41, 5.74) is -2.73. The highest BCUT2D eigenvalue weighted by Gasteiger charge is 2.31. The van der Waals surface area contributed by atoms with Gasteiger partial charge in [0.2, 0.25) is 0 Å². The summed E-state index contributed by atoms with van der Waals surface area (Å²) in [7, 11) is 0. The molecule has 1 aromatic heterocycles. The number of aromatic nitrogens is 2. The first kappa shape index (κ1) is 15.1. The maximum Gasteiger partial charge on any atom is 0.423 e. The summed E-state index contributed by atoms with van der Waals surface area (Å²) in [6, 6.07) is 2.66. The second kappa shape index (κ2) is 4.64. The molecule has 0 bridgehead atoms. The van der Waals surface area contributed by atoms with Crippen molar-refractivity contribution in [1.82, 2.24) is 9.55 Å². The van der Waals surface area contributed by atoms with Crippen LogP contribution in [0.5, 0.6) is 0 Å². The average molecular weight is 302 g/mol. The summed E-state index contributed by atoms with van der Waals surface area (Å²) < 4.78 is 43.7. The van der Waals surface area contributed by atoms with E-state index in [4.69, 9.17) is 4.74 Å². The Morgan fingerprint density at radius 1 is 1.24 bits per heavy atom. The van der Waals surface area contributed by atoms with Crippen molar-refractivity contribution < 1.29 is 22.7 Å². The highest BCUT2D eigenvalue weighted by atomic mass is 19.4. The Morgan fingerprint density at radius 2 is 1.86 bits per heavy atom. The van der Waals surface area contributed by atoms with E-state index in [1.807, 2.05) is 0 Å². The van der Waals surface area contributed by atoms with Crippen LogP contribution in [-0.2, 0) is 10.9 Å². The third kappa shape index (κ3) is 3.09. The van der Waals surface area contributed by atoms with E-state index in [2.05, 4.69) is 4.98 Å². The lowest BCUT2D eigenvalue weighted by Crippen LogP contribution is -2.32. The first-order valence-electron chi connectivity index (χ1n) is 6.04. The molecule has 0 spiro atoms. The lowest BCUT2D eigenvalue weighted by atomic mass is 10.2. The van der Waals surface area contributed by atoms with Gasteiger partial charge in [-0.25, -0.2) is 9.59 Å². The van der Waals surface area contributed by atoms with Crippen molar-refractivity contribution in [3.8, 4) is 0 Å². The summed E-state index contributed by atoms with van der Waals surface area (Å²) in [5.74, 6) is 0. The van der Waals surface area contributed by atoms with Gasteiger partial charge in [-0.05, 0) is 39.0 Å². The third-order valence-electron chi connectivity index (χ3n) is 2.59. The molecule has 114 valence electrons. The predicted octanol–water partition coefficient (Wildman–Crippen LogP) is 3.13. The Hall–Kier alpha value is -2.25. The Kier molecular flexibility index (Phi) is 3.35. The molecule has 0 saturated heterocycles. The van der Waals surface area contributed by atoms with Crippen molar-refractivity contribution in [2.24, 2.45) is 0 Å². The standard InChI is InChI=1S/C13H13F3N2O3/c1-12(2,3)21-11(20)18-9-6-7(13(14,15)16)4-5-8(9)17-10(18)19/h4-6H,1-3H3,(H,17,19). The highest BCUT2D eigenvalue weighted by Crippen LogP contribution is 2.30. The van der Waals surface area contributed by atoms with E-state index in [9.17, 15) is 22.8 Å². The summed E-state index contributed by atoms with van der Waals surface area (Å²) in [6.07, 6.45) is -5.60. The second-order valence-corrected chi connectivity index (χ2v) is 5.48. The fourth-order valence-electron chi connectivity index (χ4n) is 1.77. The molecule has 21 heavy (non-hydrogen) atoms. The number of ether oxygens (including phenoxy) is 1. The SMILES string of the molecule is CC(C)(C)OC(=O)n1c(=O)[nH]c2ccc(C(F)(F)F)cc21. The van der Waals surface area contributed by atoms with Crippen molar-refractivity contribution in [3.63, 3.8) is 0 Å².